The van der Waals surface area contributed by atoms with Crippen molar-refractivity contribution in [3.8, 4) is 0 Å². The van der Waals surface area contributed by atoms with Crippen LogP contribution < -0.4 is 5.56 Å². The molecular weight excluding hydrogens is 418 g/mol. The molecule has 0 saturated carbocycles. The Balaban J connectivity index is 1.63. The third kappa shape index (κ3) is 4.71. The molecule has 0 N–H and O–H groups in total. The summed E-state index contributed by atoms with van der Waals surface area (Å²) in [4.78, 5) is 32.6. The van der Waals surface area contributed by atoms with Crippen LogP contribution >= 0.6 is 23.4 Å². The minimum absolute atomic E-state index is 0.100. The van der Waals surface area contributed by atoms with Gasteiger partial charge < -0.3 is 4.90 Å². The van der Waals surface area contributed by atoms with Crippen molar-refractivity contribution in [1.29, 1.82) is 0 Å². The fourth-order valence-corrected chi connectivity index (χ4v) is 4.96. The number of benzene rings is 2. The van der Waals surface area contributed by atoms with E-state index in [1.165, 1.54) is 18.2 Å². The summed E-state index contributed by atoms with van der Waals surface area (Å²) >= 11 is 7.46. The number of nitrogens with zero attached hydrogens (tertiary/aromatic N) is 3. The second-order valence-electron chi connectivity index (χ2n) is 7.81. The normalized spacial score (nSPS) is 16.7. The molecule has 1 fully saturated rings. The molecule has 156 valence electrons. The Morgan fingerprint density at radius 3 is 2.87 bits per heavy atom. The fraction of sp³-hybridized carbons (Fsp3) is 0.348. The largest absolute Gasteiger partial charge is 0.342 e. The molecule has 0 unspecified atom stereocenters. The van der Waals surface area contributed by atoms with E-state index in [1.807, 2.05) is 41.3 Å². The van der Waals surface area contributed by atoms with Crippen LogP contribution in [0.5, 0.6) is 0 Å². The Bertz CT molecular complexity index is 1130. The SMILES string of the molecule is C[C@H]1CCCN(C(=O)CSc2nc3ccccc3c(=O)n2Cc2cccc(Cl)c2)C1. The monoisotopic (exact) mass is 441 g/mol. The molecule has 30 heavy (non-hydrogen) atoms. The predicted molar refractivity (Wildman–Crippen MR) is 122 cm³/mol. The average Bonchev–Trinajstić information content (AvgIpc) is 2.74. The number of rotatable bonds is 5. The molecule has 0 bridgehead atoms. The molecule has 1 amide bonds. The molecule has 1 aliphatic heterocycles. The van der Waals surface area contributed by atoms with Crippen molar-refractivity contribution in [2.24, 2.45) is 5.92 Å². The van der Waals surface area contributed by atoms with Gasteiger partial charge in [0.15, 0.2) is 5.16 Å². The van der Waals surface area contributed by atoms with E-state index in [0.29, 0.717) is 33.5 Å². The molecule has 0 aliphatic carbocycles. The summed E-state index contributed by atoms with van der Waals surface area (Å²) in [5.41, 5.74) is 1.45. The second-order valence-corrected chi connectivity index (χ2v) is 9.19. The van der Waals surface area contributed by atoms with Crippen LogP contribution in [0.3, 0.4) is 0 Å². The number of likely N-dealkylation sites (tertiary alicyclic amines) is 1. The van der Waals surface area contributed by atoms with Crippen molar-refractivity contribution in [1.82, 2.24) is 14.5 Å². The Labute approximate surface area is 185 Å². The van der Waals surface area contributed by atoms with Crippen LogP contribution in [0.2, 0.25) is 5.02 Å². The molecule has 4 rings (SSSR count). The highest BCUT2D eigenvalue weighted by Crippen LogP contribution is 2.22. The third-order valence-electron chi connectivity index (χ3n) is 5.39. The molecule has 0 radical (unpaired) electrons. The maximum Gasteiger partial charge on any atom is 0.262 e. The van der Waals surface area contributed by atoms with Crippen molar-refractivity contribution in [3.05, 3.63) is 69.5 Å². The summed E-state index contributed by atoms with van der Waals surface area (Å²) in [5.74, 6) is 0.906. The first-order chi connectivity index (χ1) is 14.5. The van der Waals surface area contributed by atoms with Gasteiger partial charge in [-0.25, -0.2) is 4.98 Å². The van der Waals surface area contributed by atoms with E-state index in [2.05, 4.69) is 6.92 Å². The zero-order valence-electron chi connectivity index (χ0n) is 16.9. The molecule has 5 nitrogen and oxygen atoms in total. The summed E-state index contributed by atoms with van der Waals surface area (Å²) < 4.78 is 1.64. The quantitative estimate of drug-likeness (QED) is 0.433. The second kappa shape index (κ2) is 9.23. The van der Waals surface area contributed by atoms with Gasteiger partial charge >= 0.3 is 0 Å². The molecule has 2 heterocycles. The van der Waals surface area contributed by atoms with E-state index in [-0.39, 0.29) is 17.2 Å². The van der Waals surface area contributed by atoms with Crippen molar-refractivity contribution in [2.75, 3.05) is 18.8 Å². The van der Waals surface area contributed by atoms with Crippen LogP contribution in [0.1, 0.15) is 25.3 Å². The lowest BCUT2D eigenvalue weighted by Gasteiger charge is -2.30. The highest BCUT2D eigenvalue weighted by Gasteiger charge is 2.22. The lowest BCUT2D eigenvalue weighted by molar-refractivity contribution is -0.130. The molecule has 1 atom stereocenters. The fourth-order valence-electron chi connectivity index (χ4n) is 3.85. The van der Waals surface area contributed by atoms with E-state index in [4.69, 9.17) is 16.6 Å². The first kappa shape index (κ1) is 20.9. The van der Waals surface area contributed by atoms with Gasteiger partial charge in [0.2, 0.25) is 5.91 Å². The maximum atomic E-state index is 13.2. The van der Waals surface area contributed by atoms with E-state index in [1.54, 1.807) is 16.7 Å². The topological polar surface area (TPSA) is 55.2 Å². The predicted octanol–water partition coefficient (Wildman–Crippen LogP) is 4.45. The van der Waals surface area contributed by atoms with E-state index < -0.39 is 0 Å². The van der Waals surface area contributed by atoms with Gasteiger partial charge in [0, 0.05) is 18.1 Å². The number of hydrogen-bond donors (Lipinski definition) is 0. The summed E-state index contributed by atoms with van der Waals surface area (Å²) in [6, 6.07) is 14.8. The number of piperidine rings is 1. The van der Waals surface area contributed by atoms with Gasteiger partial charge in [-0.15, -0.1) is 0 Å². The molecular formula is C23H24ClN3O2S. The molecule has 0 spiro atoms. The first-order valence-corrected chi connectivity index (χ1v) is 11.5. The van der Waals surface area contributed by atoms with Crippen molar-refractivity contribution in [2.45, 2.75) is 31.5 Å². The van der Waals surface area contributed by atoms with Crippen LogP contribution in [0.4, 0.5) is 0 Å². The third-order valence-corrected chi connectivity index (χ3v) is 6.59. The zero-order chi connectivity index (χ0) is 21.1. The van der Waals surface area contributed by atoms with Crippen LogP contribution in [-0.4, -0.2) is 39.2 Å². The number of carbonyl (C=O) groups is 1. The zero-order valence-corrected chi connectivity index (χ0v) is 18.5. The van der Waals surface area contributed by atoms with Crippen LogP contribution in [-0.2, 0) is 11.3 Å². The number of para-hydroxylation sites is 1. The van der Waals surface area contributed by atoms with Crippen LogP contribution in [0.15, 0.2) is 58.5 Å². The van der Waals surface area contributed by atoms with Gasteiger partial charge in [-0.05, 0) is 48.6 Å². The summed E-state index contributed by atoms with van der Waals surface area (Å²) in [5, 5.41) is 1.75. The highest BCUT2D eigenvalue weighted by atomic mass is 35.5. The smallest absolute Gasteiger partial charge is 0.262 e. The molecule has 1 aliphatic rings. The molecule has 1 saturated heterocycles. The molecule has 2 aromatic carbocycles. The average molecular weight is 442 g/mol. The van der Waals surface area contributed by atoms with Crippen molar-refractivity contribution >= 4 is 40.2 Å². The van der Waals surface area contributed by atoms with Crippen molar-refractivity contribution in [3.63, 3.8) is 0 Å². The minimum atomic E-state index is -0.109. The van der Waals surface area contributed by atoms with E-state index in [0.717, 1.165) is 25.1 Å². The number of hydrogen-bond acceptors (Lipinski definition) is 4. The molecule has 1 aromatic heterocycles. The van der Waals surface area contributed by atoms with Crippen LogP contribution in [0, 0.1) is 5.92 Å². The summed E-state index contributed by atoms with van der Waals surface area (Å²) in [6.45, 7) is 4.15. The Kier molecular flexibility index (Phi) is 6.44. The Hall–Kier alpha value is -2.31. The Morgan fingerprint density at radius 1 is 1.23 bits per heavy atom. The lowest BCUT2D eigenvalue weighted by Crippen LogP contribution is -2.40. The number of carbonyl (C=O) groups excluding carboxylic acids is 1. The van der Waals surface area contributed by atoms with Gasteiger partial charge in [-0.1, -0.05) is 54.6 Å². The summed E-state index contributed by atoms with van der Waals surface area (Å²) in [7, 11) is 0. The number of aromatic nitrogens is 2. The van der Waals surface area contributed by atoms with Gasteiger partial charge in [0.1, 0.15) is 0 Å². The van der Waals surface area contributed by atoms with Gasteiger partial charge in [-0.3, -0.25) is 14.2 Å². The standard InChI is InChI=1S/C23H24ClN3O2S/c1-16-6-5-11-26(13-16)21(28)15-30-23-25-20-10-3-2-9-19(20)22(29)27(23)14-17-7-4-8-18(24)12-17/h2-4,7-10,12,16H,5-6,11,13-15H2,1H3/t16-/m0/s1. The number of amides is 1. The van der Waals surface area contributed by atoms with Gasteiger partial charge in [0.05, 0.1) is 23.2 Å². The van der Waals surface area contributed by atoms with E-state index >= 15 is 0 Å². The number of fused-ring (bicyclic) bond motifs is 1. The molecule has 7 heteroatoms. The highest BCUT2D eigenvalue weighted by molar-refractivity contribution is 7.99. The van der Waals surface area contributed by atoms with Crippen LogP contribution in [0.25, 0.3) is 10.9 Å². The molecule has 3 aromatic rings. The summed E-state index contributed by atoms with van der Waals surface area (Å²) in [6.07, 6.45) is 2.22. The number of halogens is 1. The maximum absolute atomic E-state index is 13.2. The van der Waals surface area contributed by atoms with E-state index in [9.17, 15) is 9.59 Å². The number of thioether (sulfide) groups is 1. The van der Waals surface area contributed by atoms with Gasteiger partial charge in [-0.2, -0.15) is 0 Å². The first-order valence-electron chi connectivity index (χ1n) is 10.2. The Morgan fingerprint density at radius 2 is 2.07 bits per heavy atom. The van der Waals surface area contributed by atoms with Gasteiger partial charge in [0.25, 0.3) is 5.56 Å². The minimum Gasteiger partial charge on any atom is -0.342 e. The lowest BCUT2D eigenvalue weighted by atomic mass is 10.0. The van der Waals surface area contributed by atoms with Crippen molar-refractivity contribution < 1.29 is 4.79 Å².